The summed E-state index contributed by atoms with van der Waals surface area (Å²) in [6, 6.07) is 11.5. The number of aromatic nitrogens is 1. The maximum Gasteiger partial charge on any atom is 0.264 e. The number of fused-ring (bicyclic) bond motifs is 1. The van der Waals surface area contributed by atoms with Gasteiger partial charge in [-0.15, -0.1) is 0 Å². The van der Waals surface area contributed by atoms with Gasteiger partial charge in [0.15, 0.2) is 14.6 Å². The number of nitrogens with zero attached hydrogens (tertiary/aromatic N) is 2. The second-order valence-electron chi connectivity index (χ2n) is 9.09. The number of aryl methyl sites for hydroxylation is 1. The van der Waals surface area contributed by atoms with E-state index in [-0.39, 0.29) is 25.1 Å². The fourth-order valence-electron chi connectivity index (χ4n) is 4.00. The Bertz CT molecular complexity index is 1440. The van der Waals surface area contributed by atoms with Crippen molar-refractivity contribution in [1.82, 2.24) is 14.9 Å². The molecular weight excluding hydrogens is 489 g/mol. The summed E-state index contributed by atoms with van der Waals surface area (Å²) in [5.74, 6) is -1.48. The fourth-order valence-corrected chi connectivity index (χ4v) is 4.85. The van der Waals surface area contributed by atoms with Gasteiger partial charge in [0.1, 0.15) is 5.82 Å². The summed E-state index contributed by atoms with van der Waals surface area (Å²) in [7, 11) is -2.06. The van der Waals surface area contributed by atoms with Crippen LogP contribution in [-0.4, -0.2) is 65.3 Å². The monoisotopic (exact) mass is 519 g/mol. The van der Waals surface area contributed by atoms with E-state index < -0.39 is 26.3 Å². The van der Waals surface area contributed by atoms with Gasteiger partial charge in [-0.3, -0.25) is 19.7 Å². The van der Waals surface area contributed by atoms with Gasteiger partial charge in [-0.05, 0) is 61.2 Å². The lowest BCUT2D eigenvalue weighted by Gasteiger charge is -2.25. The number of hydrogen-bond donors (Lipinski definition) is 3. The van der Waals surface area contributed by atoms with Crippen molar-refractivity contribution in [2.75, 3.05) is 26.5 Å². The van der Waals surface area contributed by atoms with E-state index in [1.807, 2.05) is 18.0 Å². The molecule has 11 heteroatoms. The van der Waals surface area contributed by atoms with Crippen LogP contribution in [0.1, 0.15) is 18.9 Å². The van der Waals surface area contributed by atoms with E-state index in [1.54, 1.807) is 30.3 Å². The number of likely N-dealkylation sites (N-methyl/N-ethyl adjacent to an activating group) is 1. The van der Waals surface area contributed by atoms with Crippen LogP contribution in [-0.2, 0) is 27.7 Å². The Hall–Kier alpha value is -3.12. The molecule has 3 N–H and O–H groups in total. The van der Waals surface area contributed by atoms with Crippen LogP contribution in [0, 0.1) is 5.82 Å². The number of hydrogen-bond acceptors (Lipinski definition) is 7. The minimum absolute atomic E-state index is 0.0187. The predicted molar refractivity (Wildman–Crippen MR) is 135 cm³/mol. The van der Waals surface area contributed by atoms with Gasteiger partial charge < -0.3 is 9.67 Å². The molecule has 0 saturated heterocycles. The third-order valence-corrected chi connectivity index (χ3v) is 8.51. The fraction of sp³-hybridized carbons (Fsp3) is 0.360. The number of rotatable bonds is 10. The van der Waals surface area contributed by atoms with E-state index in [1.165, 1.54) is 29.2 Å². The van der Waals surface area contributed by atoms with Gasteiger partial charge in [-0.25, -0.2) is 18.3 Å². The van der Waals surface area contributed by atoms with Crippen molar-refractivity contribution in [3.05, 3.63) is 70.4 Å². The summed E-state index contributed by atoms with van der Waals surface area (Å²) >= 11 is 0. The molecule has 0 spiro atoms. The Morgan fingerprint density at radius 3 is 2.53 bits per heavy atom. The van der Waals surface area contributed by atoms with E-state index in [9.17, 15) is 22.4 Å². The lowest BCUT2D eigenvalue weighted by molar-refractivity contribution is -0.131. The largest absolute Gasteiger partial charge is 0.395 e. The van der Waals surface area contributed by atoms with E-state index in [2.05, 4.69) is 0 Å². The Balaban J connectivity index is 1.88. The first-order valence-corrected chi connectivity index (χ1v) is 13.2. The van der Waals surface area contributed by atoms with Crippen LogP contribution >= 0.6 is 0 Å². The zero-order valence-electron chi connectivity index (χ0n) is 20.4. The zero-order chi connectivity index (χ0) is 26.7. The summed E-state index contributed by atoms with van der Waals surface area (Å²) < 4.78 is 38.6. The highest BCUT2D eigenvalue weighted by Crippen LogP contribution is 2.27. The molecule has 0 unspecified atom stereocenters. The first kappa shape index (κ1) is 27.5. The molecule has 0 bridgehead atoms. The molecule has 36 heavy (non-hydrogen) atoms. The van der Waals surface area contributed by atoms with Gasteiger partial charge >= 0.3 is 0 Å². The van der Waals surface area contributed by atoms with Crippen LogP contribution in [0.15, 0.2) is 53.5 Å². The van der Waals surface area contributed by atoms with Gasteiger partial charge in [-0.2, -0.15) is 0 Å². The topological polar surface area (TPSA) is 129 Å². The Labute approximate surface area is 208 Å². The summed E-state index contributed by atoms with van der Waals surface area (Å²) in [5.41, 5.74) is 2.75. The van der Waals surface area contributed by atoms with Crippen molar-refractivity contribution < 1.29 is 27.9 Å². The molecule has 1 atom stereocenters. The molecule has 2 aromatic carbocycles. The van der Waals surface area contributed by atoms with Gasteiger partial charge in [0.25, 0.3) is 11.5 Å². The van der Waals surface area contributed by atoms with Crippen molar-refractivity contribution in [1.29, 1.82) is 0 Å². The Kier molecular flexibility index (Phi) is 8.29. The Morgan fingerprint density at radius 1 is 1.19 bits per heavy atom. The molecular formula is C25H30FN3O6S. The highest BCUT2D eigenvalue weighted by Gasteiger charge is 2.43. The van der Waals surface area contributed by atoms with E-state index >= 15 is 0 Å². The second kappa shape index (κ2) is 10.9. The third-order valence-electron chi connectivity index (χ3n) is 6.49. The number of pyridine rings is 1. The molecule has 0 radical (unpaired) electrons. The van der Waals surface area contributed by atoms with Crippen molar-refractivity contribution >= 4 is 26.5 Å². The number of benzene rings is 2. The number of halogens is 1. The molecule has 3 rings (SSSR count). The third kappa shape index (κ3) is 5.65. The normalized spacial score (nSPS) is 13.6. The maximum absolute atomic E-state index is 14.9. The molecule has 194 valence electrons. The van der Waals surface area contributed by atoms with Crippen molar-refractivity contribution in [2.45, 2.75) is 31.2 Å². The van der Waals surface area contributed by atoms with Gasteiger partial charge in [-0.1, -0.05) is 18.2 Å². The standard InChI is InChI=1S/C25H30FN3O6S/c1-25(24(32)27-33,36(3,34)35)9-11-29-10-8-19-15-18(5-7-21(19)23(29)31)20-6-4-17(14-22(20)26)16-28(2)12-13-30/h4-8,10,14-15,30,33H,9,11-13,16H2,1-3H3,(H,27,32)/t25-/m1/s1. The maximum atomic E-state index is 14.9. The summed E-state index contributed by atoms with van der Waals surface area (Å²) in [5, 5.41) is 18.9. The lowest BCUT2D eigenvalue weighted by atomic mass is 10.00. The quantitative estimate of drug-likeness (QED) is 0.276. The molecule has 1 heterocycles. The average molecular weight is 520 g/mol. The minimum atomic E-state index is -3.89. The molecule has 0 aliphatic rings. The second-order valence-corrected chi connectivity index (χ2v) is 11.5. The van der Waals surface area contributed by atoms with Crippen LogP contribution in [0.25, 0.3) is 21.9 Å². The van der Waals surface area contributed by atoms with Crippen molar-refractivity contribution in [3.63, 3.8) is 0 Å². The van der Waals surface area contributed by atoms with Crippen molar-refractivity contribution in [3.8, 4) is 11.1 Å². The number of nitrogens with one attached hydrogen (secondary N) is 1. The summed E-state index contributed by atoms with van der Waals surface area (Å²) in [4.78, 5) is 26.9. The van der Waals surface area contributed by atoms with E-state index in [0.717, 1.165) is 11.8 Å². The first-order valence-electron chi connectivity index (χ1n) is 11.3. The number of amides is 1. The molecule has 9 nitrogen and oxygen atoms in total. The number of aliphatic hydroxyl groups is 1. The number of carbonyl (C=O) groups is 1. The SMILES string of the molecule is CN(CCO)Cc1ccc(-c2ccc3c(=O)n(CC[C@](C)(C(=O)NO)S(C)(=O)=O)ccc3c2)c(F)c1. The number of aliphatic hydroxyl groups excluding tert-OH is 1. The van der Waals surface area contributed by atoms with Crippen LogP contribution < -0.4 is 11.0 Å². The lowest BCUT2D eigenvalue weighted by Crippen LogP contribution is -2.49. The van der Waals surface area contributed by atoms with Crippen molar-refractivity contribution in [2.24, 2.45) is 0 Å². The van der Waals surface area contributed by atoms with Crippen LogP contribution in [0.5, 0.6) is 0 Å². The zero-order valence-corrected chi connectivity index (χ0v) is 21.2. The predicted octanol–water partition coefficient (Wildman–Crippen LogP) is 1.93. The van der Waals surface area contributed by atoms with E-state index in [0.29, 0.717) is 35.0 Å². The molecule has 1 amide bonds. The van der Waals surface area contributed by atoms with Gasteiger partial charge in [0.2, 0.25) is 0 Å². The van der Waals surface area contributed by atoms with Gasteiger partial charge in [0, 0.05) is 43.0 Å². The first-order chi connectivity index (χ1) is 16.9. The highest BCUT2D eigenvalue weighted by atomic mass is 32.2. The molecule has 0 aliphatic carbocycles. The summed E-state index contributed by atoms with van der Waals surface area (Å²) in [6.07, 6.45) is 2.16. The molecule has 0 saturated carbocycles. The smallest absolute Gasteiger partial charge is 0.264 e. The highest BCUT2D eigenvalue weighted by molar-refractivity contribution is 7.92. The van der Waals surface area contributed by atoms with Gasteiger partial charge in [0.05, 0.1) is 6.61 Å². The van der Waals surface area contributed by atoms with Crippen LogP contribution in [0.2, 0.25) is 0 Å². The van der Waals surface area contributed by atoms with E-state index in [4.69, 9.17) is 10.3 Å². The Morgan fingerprint density at radius 2 is 1.92 bits per heavy atom. The van der Waals surface area contributed by atoms with Crippen LogP contribution in [0.4, 0.5) is 4.39 Å². The number of hydroxylamine groups is 1. The molecule has 0 fully saturated rings. The average Bonchev–Trinajstić information content (AvgIpc) is 2.82. The number of sulfone groups is 1. The molecule has 1 aromatic heterocycles. The van der Waals surface area contributed by atoms with Crippen LogP contribution in [0.3, 0.4) is 0 Å². The number of carbonyl (C=O) groups excluding carboxylic acids is 1. The minimum Gasteiger partial charge on any atom is -0.395 e. The molecule has 0 aliphatic heterocycles. The summed E-state index contributed by atoms with van der Waals surface area (Å²) in [6.45, 7) is 2.11. The molecule has 3 aromatic rings.